The molecule has 0 aromatic heterocycles. The van der Waals surface area contributed by atoms with Gasteiger partial charge in [-0.25, -0.2) is 0 Å². The van der Waals surface area contributed by atoms with E-state index in [-0.39, 0.29) is 6.10 Å². The second-order valence-corrected chi connectivity index (χ2v) is 3.61. The molecule has 1 N–H and O–H groups in total. The van der Waals surface area contributed by atoms with E-state index in [4.69, 9.17) is 4.74 Å². The van der Waals surface area contributed by atoms with Crippen molar-refractivity contribution in [2.24, 2.45) is 0 Å². The Morgan fingerprint density at radius 3 is 2.36 bits per heavy atom. The molecule has 11 heavy (non-hydrogen) atoms. The number of hydrogen-bond acceptors (Lipinski definition) is 2. The third kappa shape index (κ3) is 6.32. The first-order valence-electron chi connectivity index (χ1n) is 4.32. The van der Waals surface area contributed by atoms with Gasteiger partial charge in [0.05, 0.1) is 18.3 Å². The monoisotopic (exact) mass is 160 g/mol. The van der Waals surface area contributed by atoms with E-state index in [9.17, 15) is 5.11 Å². The van der Waals surface area contributed by atoms with Crippen molar-refractivity contribution in [1.29, 1.82) is 0 Å². The Balaban J connectivity index is 3.54. The van der Waals surface area contributed by atoms with E-state index in [1.54, 1.807) is 0 Å². The van der Waals surface area contributed by atoms with Crippen molar-refractivity contribution in [3.8, 4) is 0 Å². The maximum atomic E-state index is 9.64. The van der Waals surface area contributed by atoms with Crippen LogP contribution >= 0.6 is 0 Å². The summed E-state index contributed by atoms with van der Waals surface area (Å²) in [4.78, 5) is 0. The van der Waals surface area contributed by atoms with Crippen molar-refractivity contribution < 1.29 is 9.84 Å². The summed E-state index contributed by atoms with van der Waals surface area (Å²) in [6, 6.07) is 0. The van der Waals surface area contributed by atoms with Gasteiger partial charge in [-0.3, -0.25) is 0 Å². The molecule has 1 unspecified atom stereocenters. The minimum Gasteiger partial charge on any atom is -0.388 e. The lowest BCUT2D eigenvalue weighted by Crippen LogP contribution is -2.31. The molecule has 0 aromatic rings. The van der Waals surface area contributed by atoms with E-state index in [1.165, 1.54) is 0 Å². The summed E-state index contributed by atoms with van der Waals surface area (Å²) >= 11 is 0. The minimum atomic E-state index is -0.640. The molecule has 0 heterocycles. The molecule has 0 amide bonds. The van der Waals surface area contributed by atoms with Crippen molar-refractivity contribution in [1.82, 2.24) is 0 Å². The van der Waals surface area contributed by atoms with Crippen LogP contribution in [0.4, 0.5) is 0 Å². The maximum absolute atomic E-state index is 9.64. The van der Waals surface area contributed by atoms with Crippen LogP contribution in [0.2, 0.25) is 0 Å². The molecule has 0 saturated carbocycles. The third-order valence-electron chi connectivity index (χ3n) is 1.52. The lowest BCUT2D eigenvalue weighted by molar-refractivity contribution is -0.0580. The highest BCUT2D eigenvalue weighted by Crippen LogP contribution is 2.12. The summed E-state index contributed by atoms with van der Waals surface area (Å²) < 4.78 is 5.31. The Morgan fingerprint density at radius 1 is 1.45 bits per heavy atom. The van der Waals surface area contributed by atoms with Crippen LogP contribution in [0.15, 0.2) is 0 Å². The molecule has 2 heteroatoms. The van der Waals surface area contributed by atoms with Crippen molar-refractivity contribution in [3.05, 3.63) is 0 Å². The quantitative estimate of drug-likeness (QED) is 0.666. The molecule has 0 aromatic carbocycles. The molecule has 0 spiro atoms. The average molecular weight is 160 g/mol. The van der Waals surface area contributed by atoms with Crippen LogP contribution in [0.3, 0.4) is 0 Å². The largest absolute Gasteiger partial charge is 0.388 e. The van der Waals surface area contributed by atoms with Gasteiger partial charge >= 0.3 is 0 Å². The van der Waals surface area contributed by atoms with Crippen LogP contribution in [0, 0.1) is 0 Å². The van der Waals surface area contributed by atoms with Gasteiger partial charge in [-0.1, -0.05) is 13.3 Å². The predicted octanol–water partition coefficient (Wildman–Crippen LogP) is 1.96. The Bertz CT molecular complexity index is 97.7. The van der Waals surface area contributed by atoms with Crippen LogP contribution in [0.5, 0.6) is 0 Å². The average Bonchev–Trinajstić information content (AvgIpc) is 1.84. The van der Waals surface area contributed by atoms with Crippen LogP contribution in [-0.2, 0) is 4.74 Å². The van der Waals surface area contributed by atoms with E-state index >= 15 is 0 Å². The van der Waals surface area contributed by atoms with Crippen LogP contribution < -0.4 is 0 Å². The van der Waals surface area contributed by atoms with E-state index in [0.717, 1.165) is 12.8 Å². The molecule has 0 saturated heterocycles. The summed E-state index contributed by atoms with van der Waals surface area (Å²) in [6.45, 7) is 8.27. The fourth-order valence-electron chi connectivity index (χ4n) is 0.957. The summed E-state index contributed by atoms with van der Waals surface area (Å²) in [5.41, 5.74) is -0.640. The first-order chi connectivity index (χ1) is 4.98. The highest BCUT2D eigenvalue weighted by molar-refractivity contribution is 4.70. The molecular weight excluding hydrogens is 140 g/mol. The van der Waals surface area contributed by atoms with Crippen LogP contribution in [0.1, 0.15) is 40.5 Å². The summed E-state index contributed by atoms with van der Waals surface area (Å²) in [5.74, 6) is 0. The smallest absolute Gasteiger partial charge is 0.0852 e. The Hall–Kier alpha value is -0.0800. The molecule has 0 aliphatic heterocycles. The first-order valence-corrected chi connectivity index (χ1v) is 4.32. The Morgan fingerprint density at radius 2 is 2.00 bits per heavy atom. The fraction of sp³-hybridized carbons (Fsp3) is 1.00. The highest BCUT2D eigenvalue weighted by Gasteiger charge is 2.19. The van der Waals surface area contributed by atoms with Gasteiger partial charge in [0, 0.05) is 0 Å². The van der Waals surface area contributed by atoms with Crippen LogP contribution in [0.25, 0.3) is 0 Å². The third-order valence-corrected chi connectivity index (χ3v) is 1.52. The van der Waals surface area contributed by atoms with Gasteiger partial charge in [0.1, 0.15) is 0 Å². The van der Waals surface area contributed by atoms with Gasteiger partial charge in [0.25, 0.3) is 0 Å². The second kappa shape index (κ2) is 4.73. The second-order valence-electron chi connectivity index (χ2n) is 3.61. The molecule has 0 rings (SSSR count). The standard InChI is InChI=1S/C9H20O2/c1-5-6-9(4,10)7-11-8(2)3/h8,10H,5-7H2,1-4H3. The summed E-state index contributed by atoms with van der Waals surface area (Å²) in [6.07, 6.45) is 2.01. The summed E-state index contributed by atoms with van der Waals surface area (Å²) in [7, 11) is 0. The van der Waals surface area contributed by atoms with Gasteiger partial charge in [-0.15, -0.1) is 0 Å². The topological polar surface area (TPSA) is 29.5 Å². The first kappa shape index (κ1) is 10.9. The highest BCUT2D eigenvalue weighted by atomic mass is 16.5. The zero-order chi connectivity index (χ0) is 8.91. The minimum absolute atomic E-state index is 0.207. The molecule has 0 aliphatic carbocycles. The normalized spacial score (nSPS) is 16.9. The van der Waals surface area contributed by atoms with E-state index in [2.05, 4.69) is 6.92 Å². The SMILES string of the molecule is CCCC(C)(O)COC(C)C. The Kier molecular flexibility index (Phi) is 4.69. The van der Waals surface area contributed by atoms with Crippen molar-refractivity contribution in [3.63, 3.8) is 0 Å². The number of aliphatic hydroxyl groups is 1. The lowest BCUT2D eigenvalue weighted by atomic mass is 10.0. The van der Waals surface area contributed by atoms with Crippen molar-refractivity contribution >= 4 is 0 Å². The molecule has 2 nitrogen and oxygen atoms in total. The van der Waals surface area contributed by atoms with E-state index in [1.807, 2.05) is 20.8 Å². The van der Waals surface area contributed by atoms with Crippen LogP contribution in [-0.4, -0.2) is 23.4 Å². The lowest BCUT2D eigenvalue weighted by Gasteiger charge is -2.23. The molecule has 68 valence electrons. The number of ether oxygens (including phenoxy) is 1. The Labute approximate surface area is 69.6 Å². The molecule has 1 atom stereocenters. The van der Waals surface area contributed by atoms with E-state index < -0.39 is 5.60 Å². The van der Waals surface area contributed by atoms with Crippen molar-refractivity contribution in [2.75, 3.05) is 6.61 Å². The van der Waals surface area contributed by atoms with E-state index in [0.29, 0.717) is 6.61 Å². The van der Waals surface area contributed by atoms with Gasteiger partial charge in [-0.05, 0) is 27.2 Å². The number of rotatable bonds is 5. The number of hydrogen-bond donors (Lipinski definition) is 1. The van der Waals surface area contributed by atoms with Crippen molar-refractivity contribution in [2.45, 2.75) is 52.2 Å². The molecule has 0 fully saturated rings. The molecule has 0 radical (unpaired) electrons. The zero-order valence-electron chi connectivity index (χ0n) is 8.05. The maximum Gasteiger partial charge on any atom is 0.0852 e. The molecule has 0 bridgehead atoms. The van der Waals surface area contributed by atoms with Gasteiger partial charge in [0.2, 0.25) is 0 Å². The molecular formula is C9H20O2. The van der Waals surface area contributed by atoms with Gasteiger partial charge in [-0.2, -0.15) is 0 Å². The predicted molar refractivity (Wildman–Crippen MR) is 46.6 cm³/mol. The fourth-order valence-corrected chi connectivity index (χ4v) is 0.957. The van der Waals surface area contributed by atoms with Gasteiger partial charge in [0.15, 0.2) is 0 Å². The zero-order valence-corrected chi connectivity index (χ0v) is 8.05. The molecule has 0 aliphatic rings. The van der Waals surface area contributed by atoms with Gasteiger partial charge < -0.3 is 9.84 Å². The summed E-state index contributed by atoms with van der Waals surface area (Å²) in [5, 5.41) is 9.64.